The van der Waals surface area contributed by atoms with Crippen molar-refractivity contribution in [3.05, 3.63) is 53.1 Å². The van der Waals surface area contributed by atoms with Crippen molar-refractivity contribution in [1.82, 2.24) is 29.4 Å². The second-order valence-electron chi connectivity index (χ2n) is 10.4. The number of morpholine rings is 1. The fourth-order valence-corrected chi connectivity index (χ4v) is 5.76. The molecule has 0 aromatic carbocycles. The molecule has 1 N–H and O–H groups in total. The quantitative estimate of drug-likeness (QED) is 0.595. The zero-order valence-corrected chi connectivity index (χ0v) is 20.7. The van der Waals surface area contributed by atoms with E-state index < -0.39 is 0 Å². The molecular formula is C27H33N7O2. The predicted molar refractivity (Wildman–Crippen MR) is 137 cm³/mol. The van der Waals surface area contributed by atoms with E-state index in [0.29, 0.717) is 11.8 Å². The lowest BCUT2D eigenvalue weighted by molar-refractivity contribution is -0.134. The monoisotopic (exact) mass is 487 g/mol. The van der Waals surface area contributed by atoms with Crippen molar-refractivity contribution in [2.75, 3.05) is 57.4 Å². The van der Waals surface area contributed by atoms with Gasteiger partial charge in [-0.25, -0.2) is 4.98 Å². The molecule has 36 heavy (non-hydrogen) atoms. The molecule has 4 aliphatic rings. The zero-order valence-electron chi connectivity index (χ0n) is 20.7. The number of H-pyrrole nitrogens is 1. The highest BCUT2D eigenvalue weighted by Crippen LogP contribution is 2.33. The van der Waals surface area contributed by atoms with Crippen LogP contribution in [-0.2, 0) is 22.5 Å². The Hall–Kier alpha value is -3.17. The van der Waals surface area contributed by atoms with E-state index in [2.05, 4.69) is 44.0 Å². The maximum absolute atomic E-state index is 12.4. The molecule has 0 radical (unpaired) electrons. The van der Waals surface area contributed by atoms with Gasteiger partial charge in [0.1, 0.15) is 5.82 Å². The van der Waals surface area contributed by atoms with Crippen LogP contribution in [0, 0.1) is 5.92 Å². The largest absolute Gasteiger partial charge is 0.378 e. The van der Waals surface area contributed by atoms with Crippen molar-refractivity contribution >= 4 is 22.9 Å². The number of aryl methyl sites for hydroxylation is 1. The summed E-state index contributed by atoms with van der Waals surface area (Å²) in [5.41, 5.74) is 6.66. The van der Waals surface area contributed by atoms with Crippen molar-refractivity contribution in [3.63, 3.8) is 0 Å². The van der Waals surface area contributed by atoms with Gasteiger partial charge in [0.25, 0.3) is 0 Å². The number of aromatic amines is 1. The Morgan fingerprint density at radius 2 is 1.92 bits per heavy atom. The first kappa shape index (κ1) is 22.1. The highest BCUT2D eigenvalue weighted by atomic mass is 16.5. The third kappa shape index (κ3) is 4.10. The molecule has 2 saturated heterocycles. The van der Waals surface area contributed by atoms with E-state index in [4.69, 9.17) is 14.8 Å². The van der Waals surface area contributed by atoms with Gasteiger partial charge in [-0.1, -0.05) is 6.08 Å². The summed E-state index contributed by atoms with van der Waals surface area (Å²) < 4.78 is 7.64. The van der Waals surface area contributed by atoms with Gasteiger partial charge >= 0.3 is 0 Å². The fraction of sp³-hybridized carbons (Fsp3) is 0.519. The Bertz CT molecular complexity index is 1310. The average Bonchev–Trinajstić information content (AvgIpc) is 3.51. The molecule has 1 amide bonds. The average molecular weight is 488 g/mol. The van der Waals surface area contributed by atoms with Crippen molar-refractivity contribution in [1.29, 1.82) is 0 Å². The molecule has 5 heterocycles. The molecule has 7 rings (SSSR count). The number of carbonyl (C=O) groups is 1. The summed E-state index contributed by atoms with van der Waals surface area (Å²) >= 11 is 0. The van der Waals surface area contributed by atoms with Crippen LogP contribution in [-0.4, -0.2) is 87.8 Å². The molecule has 0 spiro atoms. The van der Waals surface area contributed by atoms with Gasteiger partial charge in [0.15, 0.2) is 5.65 Å². The Morgan fingerprint density at radius 3 is 2.72 bits per heavy atom. The number of carbonyl (C=O) groups excluding carboxylic acids is 1. The van der Waals surface area contributed by atoms with Crippen LogP contribution < -0.4 is 4.90 Å². The number of anilines is 1. The van der Waals surface area contributed by atoms with Gasteiger partial charge in [-0.05, 0) is 31.7 Å². The normalized spacial score (nSPS) is 21.1. The van der Waals surface area contributed by atoms with Crippen molar-refractivity contribution < 1.29 is 9.53 Å². The van der Waals surface area contributed by atoms with E-state index in [0.717, 1.165) is 108 Å². The van der Waals surface area contributed by atoms with Gasteiger partial charge < -0.3 is 19.5 Å². The third-order valence-corrected chi connectivity index (χ3v) is 7.93. The van der Waals surface area contributed by atoms with E-state index in [1.54, 1.807) is 0 Å². The minimum Gasteiger partial charge on any atom is -0.378 e. The minimum atomic E-state index is 0.301. The molecule has 0 atom stereocenters. The first-order valence-electron chi connectivity index (χ1n) is 13.3. The third-order valence-electron chi connectivity index (χ3n) is 7.93. The van der Waals surface area contributed by atoms with Crippen LogP contribution >= 0.6 is 0 Å². The summed E-state index contributed by atoms with van der Waals surface area (Å²) in [5.74, 6) is 1.74. The Morgan fingerprint density at radius 1 is 1.08 bits per heavy atom. The van der Waals surface area contributed by atoms with Crippen molar-refractivity contribution in [2.45, 2.75) is 32.2 Å². The smallest absolute Gasteiger partial charge is 0.225 e. The molecule has 3 fully saturated rings. The number of piperazine rings is 1. The number of fused-ring (bicyclic) bond motifs is 2. The topological polar surface area (TPSA) is 82.0 Å². The van der Waals surface area contributed by atoms with E-state index in [9.17, 15) is 4.79 Å². The molecule has 3 aromatic rings. The second kappa shape index (κ2) is 9.05. The Labute approximate surface area is 210 Å². The van der Waals surface area contributed by atoms with Crippen LogP contribution in [0.5, 0.6) is 0 Å². The summed E-state index contributed by atoms with van der Waals surface area (Å²) in [6, 6.07) is 6.50. The number of ether oxygens (including phenoxy) is 1. The molecule has 1 saturated carbocycles. The number of amides is 1. The van der Waals surface area contributed by atoms with Gasteiger partial charge in [0, 0.05) is 86.9 Å². The molecule has 3 aromatic heterocycles. The van der Waals surface area contributed by atoms with Gasteiger partial charge in [-0.2, -0.15) is 9.61 Å². The second-order valence-corrected chi connectivity index (χ2v) is 10.4. The van der Waals surface area contributed by atoms with E-state index in [1.807, 2.05) is 10.7 Å². The number of hydrogen-bond acceptors (Lipinski definition) is 6. The van der Waals surface area contributed by atoms with Crippen LogP contribution in [0.2, 0.25) is 0 Å². The molecule has 188 valence electrons. The maximum Gasteiger partial charge on any atom is 0.225 e. The zero-order chi connectivity index (χ0) is 24.1. The molecule has 9 heteroatoms. The fourth-order valence-electron chi connectivity index (χ4n) is 5.76. The van der Waals surface area contributed by atoms with E-state index >= 15 is 0 Å². The lowest BCUT2D eigenvalue weighted by atomic mass is 9.94. The van der Waals surface area contributed by atoms with Crippen LogP contribution in [0.15, 0.2) is 30.5 Å². The number of rotatable bonds is 5. The summed E-state index contributed by atoms with van der Waals surface area (Å²) in [5, 5.41) is 5.02. The minimum absolute atomic E-state index is 0.301. The van der Waals surface area contributed by atoms with Crippen LogP contribution in [0.25, 0.3) is 11.2 Å². The SMILES string of the molecule is O=C(C1CC1)N1CCN(Cc2cc3nc(C4=CCCc5[nH]ccc54)cc(N4CCOCC4)n3n2)CC1. The van der Waals surface area contributed by atoms with Crippen molar-refractivity contribution in [2.24, 2.45) is 5.92 Å². The highest BCUT2D eigenvalue weighted by molar-refractivity contribution is 5.82. The molecule has 0 unspecified atom stereocenters. The first-order chi connectivity index (χ1) is 17.7. The van der Waals surface area contributed by atoms with Gasteiger partial charge in [-0.3, -0.25) is 9.69 Å². The summed E-state index contributed by atoms with van der Waals surface area (Å²) in [6.45, 7) is 7.34. The van der Waals surface area contributed by atoms with Crippen LogP contribution in [0.3, 0.4) is 0 Å². The van der Waals surface area contributed by atoms with Gasteiger partial charge in [0.2, 0.25) is 5.91 Å². The van der Waals surface area contributed by atoms with Crippen molar-refractivity contribution in [3.8, 4) is 0 Å². The number of hydrogen-bond donors (Lipinski definition) is 1. The summed E-state index contributed by atoms with van der Waals surface area (Å²) in [4.78, 5) is 27.7. The molecule has 2 aliphatic carbocycles. The number of aromatic nitrogens is 4. The highest BCUT2D eigenvalue weighted by Gasteiger charge is 2.34. The number of nitrogens with zero attached hydrogens (tertiary/aromatic N) is 6. The van der Waals surface area contributed by atoms with Crippen LogP contribution in [0.1, 0.15) is 41.9 Å². The van der Waals surface area contributed by atoms with E-state index in [-0.39, 0.29) is 0 Å². The van der Waals surface area contributed by atoms with E-state index in [1.165, 1.54) is 16.8 Å². The van der Waals surface area contributed by atoms with Crippen LogP contribution in [0.4, 0.5) is 5.82 Å². The number of allylic oxidation sites excluding steroid dienone is 1. The summed E-state index contributed by atoms with van der Waals surface area (Å²) in [6.07, 6.45) is 8.55. The van der Waals surface area contributed by atoms with Gasteiger partial charge in [0.05, 0.1) is 24.6 Å². The molecule has 0 bridgehead atoms. The molecular weight excluding hydrogens is 454 g/mol. The maximum atomic E-state index is 12.4. The molecule has 9 nitrogen and oxygen atoms in total. The first-order valence-corrected chi connectivity index (χ1v) is 13.3. The molecule has 2 aliphatic heterocycles. The van der Waals surface area contributed by atoms with Gasteiger partial charge in [-0.15, -0.1) is 0 Å². The number of nitrogens with one attached hydrogen (secondary N) is 1. The predicted octanol–water partition coefficient (Wildman–Crippen LogP) is 2.33. The summed E-state index contributed by atoms with van der Waals surface area (Å²) in [7, 11) is 0. The lowest BCUT2D eigenvalue weighted by Gasteiger charge is -2.34. The Balaban J connectivity index is 1.18. The standard InChI is InChI=1S/C27H33N7O2/c35-27(19-4-5-19)33-10-8-31(9-11-33)18-20-16-25-29-24(21-2-1-3-23-22(21)6-7-28-23)17-26(34(25)30-20)32-12-14-36-15-13-32/h2,6-7,16-17,19,28H,1,3-5,8-15,18H2. The lowest BCUT2D eigenvalue weighted by Crippen LogP contribution is -2.48. The Kier molecular flexibility index (Phi) is 5.54.